The average molecular weight is 233 g/mol. The van der Waals surface area contributed by atoms with Crippen molar-refractivity contribution in [2.24, 2.45) is 0 Å². The van der Waals surface area contributed by atoms with Crippen LogP contribution in [0.4, 0.5) is 11.4 Å². The molecule has 0 radical (unpaired) electrons. The Morgan fingerprint density at radius 3 is 2.88 bits per heavy atom. The second-order valence-corrected chi connectivity index (χ2v) is 4.61. The van der Waals surface area contributed by atoms with Gasteiger partial charge >= 0.3 is 0 Å². The van der Waals surface area contributed by atoms with Crippen LogP contribution >= 0.6 is 0 Å². The second kappa shape index (κ2) is 5.08. The topological polar surface area (TPSA) is 67.2 Å². The minimum Gasteiger partial charge on any atom is -0.397 e. The van der Waals surface area contributed by atoms with Crippen LogP contribution in [0.25, 0.3) is 0 Å². The van der Waals surface area contributed by atoms with Gasteiger partial charge < -0.3 is 16.4 Å². The molecule has 0 aromatic heterocycles. The van der Waals surface area contributed by atoms with Crippen LogP contribution in [0.2, 0.25) is 0 Å². The summed E-state index contributed by atoms with van der Waals surface area (Å²) in [6.45, 7) is 2.62. The molecule has 1 saturated carbocycles. The van der Waals surface area contributed by atoms with Gasteiger partial charge in [-0.15, -0.1) is 0 Å². The molecule has 1 aromatic carbocycles. The molecule has 1 fully saturated rings. The van der Waals surface area contributed by atoms with Crippen LogP contribution in [0.1, 0.15) is 24.8 Å². The van der Waals surface area contributed by atoms with Crippen LogP contribution < -0.4 is 16.4 Å². The number of hydrogen-bond donors (Lipinski definition) is 3. The first-order chi connectivity index (χ1) is 8.15. The Bertz CT molecular complexity index is 413. The molecule has 4 heteroatoms. The number of hydrogen-bond acceptors (Lipinski definition) is 3. The fourth-order valence-electron chi connectivity index (χ4n) is 1.68. The number of rotatable bonds is 5. The highest BCUT2D eigenvalue weighted by atomic mass is 16.1. The van der Waals surface area contributed by atoms with Gasteiger partial charge in [0.15, 0.2) is 0 Å². The van der Waals surface area contributed by atoms with Crippen LogP contribution in [-0.4, -0.2) is 18.5 Å². The molecule has 0 spiro atoms. The van der Waals surface area contributed by atoms with Crippen molar-refractivity contribution in [1.29, 1.82) is 0 Å². The SMILES string of the molecule is Cc1ccc(NCCC(=O)NC2CC2)c(N)c1. The van der Waals surface area contributed by atoms with E-state index in [1.165, 1.54) is 0 Å². The molecule has 1 aromatic rings. The minimum absolute atomic E-state index is 0.116. The zero-order valence-corrected chi connectivity index (χ0v) is 10.1. The third-order valence-electron chi connectivity index (χ3n) is 2.82. The van der Waals surface area contributed by atoms with Crippen molar-refractivity contribution in [3.63, 3.8) is 0 Å². The first kappa shape index (κ1) is 11.8. The molecule has 2 rings (SSSR count). The third-order valence-corrected chi connectivity index (χ3v) is 2.82. The van der Waals surface area contributed by atoms with E-state index in [0.717, 1.165) is 29.8 Å². The number of anilines is 2. The summed E-state index contributed by atoms with van der Waals surface area (Å²) in [7, 11) is 0. The number of amides is 1. The standard InChI is InChI=1S/C13H19N3O/c1-9-2-5-12(11(14)8-9)15-7-6-13(17)16-10-3-4-10/h2,5,8,10,15H,3-4,6-7,14H2,1H3,(H,16,17). The normalized spacial score (nSPS) is 14.4. The van der Waals surface area contributed by atoms with E-state index in [9.17, 15) is 4.79 Å². The smallest absolute Gasteiger partial charge is 0.221 e. The number of aryl methyl sites for hydroxylation is 1. The van der Waals surface area contributed by atoms with E-state index in [-0.39, 0.29) is 5.91 Å². The molecule has 1 amide bonds. The molecule has 0 saturated heterocycles. The number of nitrogens with two attached hydrogens (primary N) is 1. The molecule has 0 heterocycles. The lowest BCUT2D eigenvalue weighted by Gasteiger charge is -2.09. The second-order valence-electron chi connectivity index (χ2n) is 4.61. The van der Waals surface area contributed by atoms with Crippen molar-refractivity contribution in [3.8, 4) is 0 Å². The van der Waals surface area contributed by atoms with E-state index < -0.39 is 0 Å². The summed E-state index contributed by atoms with van der Waals surface area (Å²) in [4.78, 5) is 11.4. The van der Waals surface area contributed by atoms with Gasteiger partial charge in [0.2, 0.25) is 5.91 Å². The summed E-state index contributed by atoms with van der Waals surface area (Å²) in [5, 5.41) is 6.13. The summed E-state index contributed by atoms with van der Waals surface area (Å²) < 4.78 is 0. The van der Waals surface area contributed by atoms with Gasteiger partial charge in [0.05, 0.1) is 11.4 Å². The summed E-state index contributed by atoms with van der Waals surface area (Å²) >= 11 is 0. The quantitative estimate of drug-likeness (QED) is 0.677. The van der Waals surface area contributed by atoms with Gasteiger partial charge in [-0.25, -0.2) is 0 Å². The zero-order chi connectivity index (χ0) is 12.3. The van der Waals surface area contributed by atoms with Gasteiger partial charge in [0.25, 0.3) is 0 Å². The number of carbonyl (C=O) groups excluding carboxylic acids is 1. The van der Waals surface area contributed by atoms with Crippen LogP contribution in [-0.2, 0) is 4.79 Å². The van der Waals surface area contributed by atoms with E-state index in [2.05, 4.69) is 10.6 Å². The molecule has 92 valence electrons. The molecular formula is C13H19N3O. The Kier molecular flexibility index (Phi) is 3.52. The fourth-order valence-corrected chi connectivity index (χ4v) is 1.68. The lowest BCUT2D eigenvalue weighted by Crippen LogP contribution is -2.27. The molecule has 0 aliphatic heterocycles. The van der Waals surface area contributed by atoms with E-state index in [1.54, 1.807) is 0 Å². The predicted octanol–water partition coefficient (Wildman–Crippen LogP) is 1.66. The first-order valence-corrected chi connectivity index (χ1v) is 6.04. The maximum atomic E-state index is 11.4. The van der Waals surface area contributed by atoms with Crippen molar-refractivity contribution in [2.75, 3.05) is 17.6 Å². The lowest BCUT2D eigenvalue weighted by molar-refractivity contribution is -0.120. The summed E-state index contributed by atoms with van der Waals surface area (Å²) in [6, 6.07) is 6.31. The highest BCUT2D eigenvalue weighted by Gasteiger charge is 2.22. The molecule has 17 heavy (non-hydrogen) atoms. The molecule has 0 unspecified atom stereocenters. The molecule has 0 atom stereocenters. The average Bonchev–Trinajstić information content (AvgIpc) is 3.05. The summed E-state index contributed by atoms with van der Waals surface area (Å²) in [6.07, 6.45) is 2.75. The first-order valence-electron chi connectivity index (χ1n) is 6.04. The van der Waals surface area contributed by atoms with Crippen LogP contribution in [0.5, 0.6) is 0 Å². The Hall–Kier alpha value is -1.71. The van der Waals surface area contributed by atoms with Gasteiger partial charge in [-0.1, -0.05) is 6.07 Å². The highest BCUT2D eigenvalue weighted by Crippen LogP contribution is 2.20. The highest BCUT2D eigenvalue weighted by molar-refractivity contribution is 5.77. The van der Waals surface area contributed by atoms with Crippen molar-refractivity contribution >= 4 is 17.3 Å². The Labute approximate surface area is 102 Å². The maximum absolute atomic E-state index is 11.4. The molecular weight excluding hydrogens is 214 g/mol. The van der Waals surface area contributed by atoms with Crippen molar-refractivity contribution in [3.05, 3.63) is 23.8 Å². The largest absolute Gasteiger partial charge is 0.397 e. The number of nitrogen functional groups attached to an aromatic ring is 1. The monoisotopic (exact) mass is 233 g/mol. The summed E-state index contributed by atoms with van der Waals surface area (Å²) in [5.74, 6) is 0.116. The zero-order valence-electron chi connectivity index (χ0n) is 10.1. The lowest BCUT2D eigenvalue weighted by atomic mass is 10.2. The van der Waals surface area contributed by atoms with Crippen LogP contribution in [0.15, 0.2) is 18.2 Å². The summed E-state index contributed by atoms with van der Waals surface area (Å²) in [5.41, 5.74) is 8.63. The van der Waals surface area contributed by atoms with Crippen molar-refractivity contribution in [1.82, 2.24) is 5.32 Å². The van der Waals surface area contributed by atoms with E-state index >= 15 is 0 Å². The Morgan fingerprint density at radius 2 is 2.24 bits per heavy atom. The van der Waals surface area contributed by atoms with E-state index in [1.807, 2.05) is 25.1 Å². The van der Waals surface area contributed by atoms with Crippen molar-refractivity contribution in [2.45, 2.75) is 32.2 Å². The predicted molar refractivity (Wildman–Crippen MR) is 69.9 cm³/mol. The maximum Gasteiger partial charge on any atom is 0.221 e. The van der Waals surface area contributed by atoms with Gasteiger partial charge in [0.1, 0.15) is 0 Å². The molecule has 0 bridgehead atoms. The number of benzene rings is 1. The van der Waals surface area contributed by atoms with E-state index in [0.29, 0.717) is 19.0 Å². The number of carbonyl (C=O) groups is 1. The molecule has 4 N–H and O–H groups in total. The van der Waals surface area contributed by atoms with E-state index in [4.69, 9.17) is 5.73 Å². The molecule has 4 nitrogen and oxygen atoms in total. The minimum atomic E-state index is 0.116. The van der Waals surface area contributed by atoms with Gasteiger partial charge in [-0.05, 0) is 37.5 Å². The third kappa shape index (κ3) is 3.66. The number of nitrogens with one attached hydrogen (secondary N) is 2. The Balaban J connectivity index is 1.75. The molecule has 1 aliphatic rings. The fraction of sp³-hybridized carbons (Fsp3) is 0.462. The van der Waals surface area contributed by atoms with Crippen LogP contribution in [0, 0.1) is 6.92 Å². The van der Waals surface area contributed by atoms with Gasteiger partial charge in [-0.2, -0.15) is 0 Å². The van der Waals surface area contributed by atoms with Gasteiger partial charge in [-0.3, -0.25) is 4.79 Å². The van der Waals surface area contributed by atoms with Crippen molar-refractivity contribution < 1.29 is 4.79 Å². The Morgan fingerprint density at radius 1 is 1.47 bits per heavy atom. The van der Waals surface area contributed by atoms with Crippen LogP contribution in [0.3, 0.4) is 0 Å². The van der Waals surface area contributed by atoms with Gasteiger partial charge in [0, 0.05) is 19.0 Å². The molecule has 1 aliphatic carbocycles.